The molecule has 0 aliphatic carbocycles. The van der Waals surface area contributed by atoms with Crippen LogP contribution in [0.2, 0.25) is 0 Å². The topological polar surface area (TPSA) is 91.0 Å². The Labute approximate surface area is 154 Å². The van der Waals surface area contributed by atoms with E-state index in [9.17, 15) is 4.79 Å². The predicted molar refractivity (Wildman–Crippen MR) is 97.5 cm³/mol. The summed E-state index contributed by atoms with van der Waals surface area (Å²) in [6.45, 7) is 2.68. The summed E-state index contributed by atoms with van der Waals surface area (Å²) in [4.78, 5) is 11.1. The Morgan fingerprint density at radius 2 is 2.23 bits per heavy atom. The minimum Gasteiger partial charge on any atom is -0.497 e. The number of carboxylic acids is 1. The third kappa shape index (κ3) is 3.81. The molecule has 6 nitrogen and oxygen atoms in total. The van der Waals surface area contributed by atoms with Gasteiger partial charge in [0, 0.05) is 17.9 Å². The van der Waals surface area contributed by atoms with Crippen molar-refractivity contribution in [1.82, 2.24) is 0 Å². The minimum absolute atomic E-state index is 0.0851. The van der Waals surface area contributed by atoms with Crippen LogP contribution in [0, 0.1) is 5.92 Å². The normalized spacial score (nSPS) is 30.0. The number of hydrogen-bond donors (Lipinski definition) is 2. The average molecular weight is 363 g/mol. The zero-order valence-corrected chi connectivity index (χ0v) is 15.6. The number of ether oxygens (including phenoxy) is 3. The number of hydrogen-bond acceptors (Lipinski definition) is 5. The zero-order chi connectivity index (χ0) is 18.7. The third-order valence-corrected chi connectivity index (χ3v) is 5.72. The molecule has 1 saturated heterocycles. The summed E-state index contributed by atoms with van der Waals surface area (Å²) >= 11 is 0. The van der Waals surface area contributed by atoms with Crippen molar-refractivity contribution < 1.29 is 24.1 Å². The van der Waals surface area contributed by atoms with E-state index < -0.39 is 11.6 Å². The Balaban J connectivity index is 1.91. The lowest BCUT2D eigenvalue weighted by Crippen LogP contribution is -2.50. The predicted octanol–water partition coefficient (Wildman–Crippen LogP) is 3.29. The summed E-state index contributed by atoms with van der Waals surface area (Å²) in [5.74, 6) is 0.854. The first-order valence-corrected chi connectivity index (χ1v) is 9.41. The summed E-state index contributed by atoms with van der Waals surface area (Å²) in [5, 5.41) is 9.14. The van der Waals surface area contributed by atoms with Gasteiger partial charge in [0.2, 0.25) is 0 Å². The highest BCUT2D eigenvalue weighted by Crippen LogP contribution is 2.53. The van der Waals surface area contributed by atoms with Crippen LogP contribution in [0.1, 0.15) is 57.1 Å². The Bertz CT molecular complexity index is 649. The van der Waals surface area contributed by atoms with Crippen LogP contribution in [0.4, 0.5) is 0 Å². The molecule has 6 heteroatoms. The molecule has 2 aliphatic heterocycles. The lowest BCUT2D eigenvalue weighted by Gasteiger charge is -2.50. The van der Waals surface area contributed by atoms with Crippen LogP contribution in [-0.2, 0) is 9.53 Å². The van der Waals surface area contributed by atoms with Gasteiger partial charge in [-0.1, -0.05) is 0 Å². The lowest BCUT2D eigenvalue weighted by atomic mass is 9.72. The van der Waals surface area contributed by atoms with Gasteiger partial charge in [-0.05, 0) is 63.8 Å². The SMILES string of the molecule is COc1ccc2c(c1)[C@@H]1O[C@H](CCCN)CC[C@H]1[C@](C)(CCC(=O)O)O2. The molecule has 2 heterocycles. The lowest BCUT2D eigenvalue weighted by molar-refractivity contribution is -0.162. The van der Waals surface area contributed by atoms with Gasteiger partial charge in [-0.3, -0.25) is 4.79 Å². The van der Waals surface area contributed by atoms with Crippen molar-refractivity contribution >= 4 is 5.97 Å². The van der Waals surface area contributed by atoms with Crippen molar-refractivity contribution in [2.75, 3.05) is 13.7 Å². The molecule has 0 aromatic heterocycles. The van der Waals surface area contributed by atoms with Gasteiger partial charge < -0.3 is 25.1 Å². The molecule has 1 aromatic rings. The van der Waals surface area contributed by atoms with Gasteiger partial charge in [-0.15, -0.1) is 0 Å². The van der Waals surface area contributed by atoms with E-state index in [1.54, 1.807) is 7.11 Å². The van der Waals surface area contributed by atoms with E-state index in [1.165, 1.54) is 0 Å². The molecule has 1 fully saturated rings. The number of nitrogens with two attached hydrogens (primary N) is 1. The van der Waals surface area contributed by atoms with E-state index >= 15 is 0 Å². The highest BCUT2D eigenvalue weighted by atomic mass is 16.5. The molecule has 144 valence electrons. The Morgan fingerprint density at radius 1 is 1.42 bits per heavy atom. The Hall–Kier alpha value is -1.79. The summed E-state index contributed by atoms with van der Waals surface area (Å²) in [6.07, 6.45) is 4.42. The largest absolute Gasteiger partial charge is 0.497 e. The number of methoxy groups -OCH3 is 1. The second kappa shape index (κ2) is 7.84. The molecule has 1 aromatic carbocycles. The molecule has 0 amide bonds. The van der Waals surface area contributed by atoms with Crippen LogP contribution < -0.4 is 15.2 Å². The van der Waals surface area contributed by atoms with Crippen LogP contribution in [0.5, 0.6) is 11.5 Å². The standard InChI is InChI=1S/C20H29NO5/c1-20(10-9-18(22)23)16-7-5-13(4-3-11-21)25-19(16)15-12-14(24-2)6-8-17(15)26-20/h6,8,12-13,16,19H,3-5,7,9-11,21H2,1-2H3,(H,22,23)/t13-,16-,19+,20+/m1/s1. The van der Waals surface area contributed by atoms with Crippen molar-refractivity contribution in [1.29, 1.82) is 0 Å². The molecule has 0 unspecified atom stereocenters. The fourth-order valence-corrected chi connectivity index (χ4v) is 4.25. The van der Waals surface area contributed by atoms with Crippen LogP contribution in [0.25, 0.3) is 0 Å². The smallest absolute Gasteiger partial charge is 0.303 e. The molecule has 3 N–H and O–H groups in total. The van der Waals surface area contributed by atoms with Gasteiger partial charge in [-0.25, -0.2) is 0 Å². The third-order valence-electron chi connectivity index (χ3n) is 5.72. The molecular weight excluding hydrogens is 334 g/mol. The molecular formula is C20H29NO5. The fourth-order valence-electron chi connectivity index (χ4n) is 4.25. The maximum atomic E-state index is 11.1. The van der Waals surface area contributed by atoms with Gasteiger partial charge in [0.05, 0.1) is 19.3 Å². The number of aliphatic carboxylic acids is 1. The molecule has 4 atom stereocenters. The summed E-state index contributed by atoms with van der Waals surface area (Å²) in [7, 11) is 1.64. The number of rotatable bonds is 7. The first-order chi connectivity index (χ1) is 12.5. The molecule has 26 heavy (non-hydrogen) atoms. The van der Waals surface area contributed by atoms with E-state index in [1.807, 2.05) is 25.1 Å². The zero-order valence-electron chi connectivity index (χ0n) is 15.6. The summed E-state index contributed by atoms with van der Waals surface area (Å²) < 4.78 is 18.2. The number of carbonyl (C=O) groups is 1. The first-order valence-electron chi connectivity index (χ1n) is 9.41. The van der Waals surface area contributed by atoms with E-state index in [-0.39, 0.29) is 24.5 Å². The molecule has 0 saturated carbocycles. The first kappa shape index (κ1) is 19.0. The monoisotopic (exact) mass is 363 g/mol. The van der Waals surface area contributed by atoms with Crippen LogP contribution in [0.15, 0.2) is 18.2 Å². The highest BCUT2D eigenvalue weighted by molar-refractivity contribution is 5.66. The second-order valence-corrected chi connectivity index (χ2v) is 7.51. The van der Waals surface area contributed by atoms with Gasteiger partial charge >= 0.3 is 5.97 Å². The quantitative estimate of drug-likeness (QED) is 0.772. The van der Waals surface area contributed by atoms with Gasteiger partial charge in [-0.2, -0.15) is 0 Å². The molecule has 0 spiro atoms. The van der Waals surface area contributed by atoms with Crippen LogP contribution >= 0.6 is 0 Å². The van der Waals surface area contributed by atoms with Crippen molar-refractivity contribution in [3.05, 3.63) is 23.8 Å². The van der Waals surface area contributed by atoms with E-state index in [4.69, 9.17) is 25.1 Å². The summed E-state index contributed by atoms with van der Waals surface area (Å²) in [6, 6.07) is 5.75. The maximum Gasteiger partial charge on any atom is 0.303 e. The second-order valence-electron chi connectivity index (χ2n) is 7.51. The minimum atomic E-state index is -0.801. The molecule has 0 radical (unpaired) electrons. The summed E-state index contributed by atoms with van der Waals surface area (Å²) in [5.41, 5.74) is 6.10. The fraction of sp³-hybridized carbons (Fsp3) is 0.650. The van der Waals surface area contributed by atoms with Crippen LogP contribution in [0.3, 0.4) is 0 Å². The molecule has 0 bridgehead atoms. The van der Waals surface area contributed by atoms with Crippen molar-refractivity contribution in [3.63, 3.8) is 0 Å². The maximum absolute atomic E-state index is 11.1. The molecule has 2 aliphatic rings. The number of benzene rings is 1. The van der Waals surface area contributed by atoms with Crippen molar-refractivity contribution in [3.8, 4) is 11.5 Å². The van der Waals surface area contributed by atoms with E-state index in [0.717, 1.165) is 42.7 Å². The van der Waals surface area contributed by atoms with Crippen molar-refractivity contribution in [2.24, 2.45) is 11.7 Å². The van der Waals surface area contributed by atoms with Crippen LogP contribution in [-0.4, -0.2) is 36.4 Å². The van der Waals surface area contributed by atoms with E-state index in [0.29, 0.717) is 13.0 Å². The van der Waals surface area contributed by atoms with Gasteiger partial charge in [0.1, 0.15) is 17.1 Å². The highest BCUT2D eigenvalue weighted by Gasteiger charge is 2.49. The Kier molecular flexibility index (Phi) is 5.73. The average Bonchev–Trinajstić information content (AvgIpc) is 2.64. The Morgan fingerprint density at radius 3 is 2.92 bits per heavy atom. The van der Waals surface area contributed by atoms with E-state index in [2.05, 4.69) is 0 Å². The number of carboxylic acid groups (broad SMARTS) is 1. The van der Waals surface area contributed by atoms with Gasteiger partial charge in [0.15, 0.2) is 0 Å². The van der Waals surface area contributed by atoms with Crippen molar-refractivity contribution in [2.45, 2.75) is 63.3 Å². The number of fused-ring (bicyclic) bond motifs is 3. The molecule has 3 rings (SSSR count). The van der Waals surface area contributed by atoms with Gasteiger partial charge in [0.25, 0.3) is 0 Å².